The Hall–Kier alpha value is -3.87. The van der Waals surface area contributed by atoms with Gasteiger partial charge in [0.25, 0.3) is 0 Å². The van der Waals surface area contributed by atoms with Crippen molar-refractivity contribution in [3.8, 4) is 23.1 Å². The van der Waals surface area contributed by atoms with Gasteiger partial charge in [0.15, 0.2) is 11.9 Å². The monoisotopic (exact) mass is 712 g/mol. The van der Waals surface area contributed by atoms with Gasteiger partial charge < -0.3 is 25.8 Å². The summed E-state index contributed by atoms with van der Waals surface area (Å²) in [5, 5.41) is 5.27. The maximum atomic E-state index is 16.5. The predicted molar refractivity (Wildman–Crippen MR) is 163 cm³/mol. The summed E-state index contributed by atoms with van der Waals surface area (Å²) in [7, 11) is 1.68. The lowest BCUT2D eigenvalue weighted by molar-refractivity contribution is -0.198. The largest absolute Gasteiger partial charge is 0.464 e. The number of nitrogen functional groups attached to an aromatic ring is 1. The number of likely N-dealkylation sites (tertiary alicyclic amines) is 1. The average molecular weight is 713 g/mol. The molecule has 19 heteroatoms. The third-order valence-corrected chi connectivity index (χ3v) is 8.08. The molecular weight excluding hydrogens is 675 g/mol. The molecule has 0 saturated carbocycles. The minimum atomic E-state index is -5.10. The Bertz CT molecular complexity index is 1620. The molecular formula is C30H37F9N8O2. The number of aromatic nitrogens is 4. The second-order valence-corrected chi connectivity index (χ2v) is 11.6. The van der Waals surface area contributed by atoms with E-state index in [9.17, 15) is 35.1 Å². The highest BCUT2D eigenvalue weighted by Gasteiger charge is 2.44. The molecule has 4 unspecified atom stereocenters. The molecule has 49 heavy (non-hydrogen) atoms. The van der Waals surface area contributed by atoms with Crippen LogP contribution in [-0.2, 0) is 6.18 Å². The van der Waals surface area contributed by atoms with E-state index in [1.165, 1.54) is 6.92 Å². The average Bonchev–Trinajstić information content (AvgIpc) is 3.01. The molecule has 0 amide bonds. The van der Waals surface area contributed by atoms with E-state index in [2.05, 4.69) is 30.6 Å². The smallest absolute Gasteiger partial charge is 0.425 e. The summed E-state index contributed by atoms with van der Waals surface area (Å²) in [5.74, 6) is -3.49. The number of halogens is 9. The standard InChI is InChI=1S/C28H31F9N8O2.C2H6/c1-11-6-16(27(32,33)34)47-25-19-23(21(31)22(42-25)14-8-18(38)41-12(2)20(14)28(35,36)37)43-26(44-24(19)40-5-4-39-11)46-10-15-13(7-17(29)30)9-45(15)3;1-2/h8,11,13,15-17,39H,4-7,9-10H2,1-3H3,(H2,38,41)(H,40,43,44);1-2H3. The lowest BCUT2D eigenvalue weighted by Gasteiger charge is -2.45. The quantitative estimate of drug-likeness (QED) is 0.254. The molecule has 4 atom stereocenters. The molecule has 5 rings (SSSR count). The zero-order valence-corrected chi connectivity index (χ0v) is 27.2. The van der Waals surface area contributed by atoms with E-state index in [1.807, 2.05) is 13.8 Å². The van der Waals surface area contributed by atoms with E-state index in [4.69, 9.17) is 15.2 Å². The fraction of sp³-hybridized carbons (Fsp3) is 0.600. The molecule has 0 radical (unpaired) electrons. The Morgan fingerprint density at radius 1 is 1.08 bits per heavy atom. The Morgan fingerprint density at radius 3 is 2.39 bits per heavy atom. The highest BCUT2D eigenvalue weighted by Crippen LogP contribution is 2.44. The van der Waals surface area contributed by atoms with Crippen molar-refractivity contribution in [2.75, 3.05) is 44.3 Å². The Morgan fingerprint density at radius 2 is 1.78 bits per heavy atom. The number of aryl methyl sites for hydroxylation is 1. The van der Waals surface area contributed by atoms with Gasteiger partial charge in [0, 0.05) is 50.1 Å². The molecule has 1 saturated heterocycles. The minimum absolute atomic E-state index is 0.0511. The van der Waals surface area contributed by atoms with E-state index in [0.29, 0.717) is 12.6 Å². The zero-order valence-electron chi connectivity index (χ0n) is 27.2. The first-order chi connectivity index (χ1) is 22.9. The van der Waals surface area contributed by atoms with Crippen molar-refractivity contribution in [1.29, 1.82) is 0 Å². The van der Waals surface area contributed by atoms with Crippen molar-refractivity contribution in [3.05, 3.63) is 23.1 Å². The first-order valence-corrected chi connectivity index (χ1v) is 15.5. The van der Waals surface area contributed by atoms with Crippen molar-refractivity contribution in [2.45, 2.75) is 77.5 Å². The summed E-state index contributed by atoms with van der Waals surface area (Å²) in [6.07, 6.45) is -16.2. The topological polar surface area (TPSA) is 123 Å². The zero-order chi connectivity index (χ0) is 36.4. The van der Waals surface area contributed by atoms with E-state index >= 15 is 4.39 Å². The highest BCUT2D eigenvalue weighted by atomic mass is 19.4. The van der Waals surface area contributed by atoms with Crippen molar-refractivity contribution >= 4 is 22.5 Å². The van der Waals surface area contributed by atoms with Gasteiger partial charge in [-0.1, -0.05) is 13.8 Å². The van der Waals surface area contributed by atoms with E-state index in [-0.39, 0.29) is 25.5 Å². The minimum Gasteiger partial charge on any atom is -0.464 e. The molecule has 272 valence electrons. The van der Waals surface area contributed by atoms with Gasteiger partial charge in [-0.3, -0.25) is 4.90 Å². The number of ether oxygens (including phenoxy) is 2. The van der Waals surface area contributed by atoms with Crippen LogP contribution < -0.4 is 25.8 Å². The number of pyridine rings is 2. The van der Waals surface area contributed by atoms with Crippen LogP contribution in [0.5, 0.6) is 11.9 Å². The van der Waals surface area contributed by atoms with Crippen LogP contribution >= 0.6 is 0 Å². The first-order valence-electron chi connectivity index (χ1n) is 15.5. The number of likely N-dealkylation sites (N-methyl/N-ethyl adjacent to an activating group) is 1. The summed E-state index contributed by atoms with van der Waals surface area (Å²) >= 11 is 0. The Kier molecular flexibility index (Phi) is 11.6. The van der Waals surface area contributed by atoms with Crippen LogP contribution in [0.2, 0.25) is 0 Å². The van der Waals surface area contributed by atoms with Gasteiger partial charge in [-0.2, -0.15) is 36.3 Å². The molecule has 2 aliphatic rings. The van der Waals surface area contributed by atoms with Crippen molar-refractivity contribution in [2.24, 2.45) is 5.92 Å². The molecule has 3 aromatic rings. The van der Waals surface area contributed by atoms with Crippen LogP contribution in [-0.4, -0.2) is 88.9 Å². The summed E-state index contributed by atoms with van der Waals surface area (Å²) in [4.78, 5) is 17.5. The van der Waals surface area contributed by atoms with Crippen molar-refractivity contribution in [3.63, 3.8) is 0 Å². The van der Waals surface area contributed by atoms with Crippen LogP contribution in [0.3, 0.4) is 0 Å². The van der Waals surface area contributed by atoms with Gasteiger partial charge in [-0.25, -0.2) is 23.1 Å². The Labute approximate surface area is 276 Å². The number of nitrogens with two attached hydrogens (primary N) is 1. The number of nitrogens with one attached hydrogen (secondary N) is 2. The van der Waals surface area contributed by atoms with E-state index in [0.717, 1.165) is 6.92 Å². The second-order valence-electron chi connectivity index (χ2n) is 11.6. The maximum absolute atomic E-state index is 16.5. The molecule has 0 aliphatic carbocycles. The number of rotatable bonds is 6. The molecule has 0 bridgehead atoms. The normalized spacial score (nSPS) is 21.9. The fourth-order valence-electron chi connectivity index (χ4n) is 5.84. The molecule has 3 aromatic heterocycles. The number of hydrogen-bond acceptors (Lipinski definition) is 10. The summed E-state index contributed by atoms with van der Waals surface area (Å²) < 4.78 is 139. The van der Waals surface area contributed by atoms with Crippen LogP contribution in [0, 0.1) is 18.7 Å². The lowest BCUT2D eigenvalue weighted by Crippen LogP contribution is -2.57. The van der Waals surface area contributed by atoms with Crippen LogP contribution in [0.15, 0.2) is 6.07 Å². The van der Waals surface area contributed by atoms with E-state index in [1.54, 1.807) is 11.9 Å². The summed E-state index contributed by atoms with van der Waals surface area (Å²) in [5.41, 5.74) is 0.944. The third-order valence-electron chi connectivity index (χ3n) is 8.08. The number of nitrogens with zero attached hydrogens (tertiary/aromatic N) is 5. The number of alkyl halides is 8. The maximum Gasteiger partial charge on any atom is 0.425 e. The lowest BCUT2D eigenvalue weighted by atomic mass is 9.87. The van der Waals surface area contributed by atoms with Gasteiger partial charge >= 0.3 is 18.4 Å². The molecule has 2 aliphatic heterocycles. The summed E-state index contributed by atoms with van der Waals surface area (Å²) in [6.45, 7) is 6.80. The molecule has 5 heterocycles. The van der Waals surface area contributed by atoms with Crippen LogP contribution in [0.25, 0.3) is 22.2 Å². The van der Waals surface area contributed by atoms with Crippen molar-refractivity contribution in [1.82, 2.24) is 30.2 Å². The highest BCUT2D eigenvalue weighted by molar-refractivity contribution is 5.96. The number of anilines is 2. The fourth-order valence-corrected chi connectivity index (χ4v) is 5.84. The van der Waals surface area contributed by atoms with Gasteiger partial charge in [0.05, 0.1) is 11.3 Å². The molecule has 1 fully saturated rings. The Balaban J connectivity index is 0.00000265. The van der Waals surface area contributed by atoms with Crippen molar-refractivity contribution < 1.29 is 49.0 Å². The van der Waals surface area contributed by atoms with Gasteiger partial charge in [-0.15, -0.1) is 0 Å². The number of hydrogen-bond donors (Lipinski definition) is 3. The molecule has 4 N–H and O–H groups in total. The predicted octanol–water partition coefficient (Wildman–Crippen LogP) is 6.23. The summed E-state index contributed by atoms with van der Waals surface area (Å²) in [6, 6.07) is -1.04. The first kappa shape index (κ1) is 37.9. The van der Waals surface area contributed by atoms with Gasteiger partial charge in [-0.05, 0) is 32.9 Å². The van der Waals surface area contributed by atoms with Gasteiger partial charge in [0.2, 0.25) is 12.3 Å². The second kappa shape index (κ2) is 14.9. The van der Waals surface area contributed by atoms with Gasteiger partial charge in [0.1, 0.15) is 34.8 Å². The molecule has 0 aromatic carbocycles. The molecule has 0 spiro atoms. The third kappa shape index (κ3) is 8.48. The van der Waals surface area contributed by atoms with Crippen LogP contribution in [0.1, 0.15) is 44.9 Å². The van der Waals surface area contributed by atoms with Crippen LogP contribution in [0.4, 0.5) is 51.1 Å². The SMILES string of the molecule is CC.Cc1nc(N)cc(-c2nc3c4c(nc(OCC5C(CC(F)F)CN5C)nc4c2F)NCCNC(C)CC(C(F)(F)F)O3)c1C(F)(F)F. The molecule has 10 nitrogen and oxygen atoms in total. The van der Waals surface area contributed by atoms with E-state index < -0.39 is 113 Å².